The molecule has 1 rings (SSSR count). The van der Waals surface area contributed by atoms with Gasteiger partial charge in [0.05, 0.1) is 6.10 Å². The van der Waals surface area contributed by atoms with Crippen LogP contribution < -0.4 is 0 Å². The van der Waals surface area contributed by atoms with Gasteiger partial charge in [0.15, 0.2) is 6.29 Å². The lowest BCUT2D eigenvalue weighted by molar-refractivity contribution is -0.210. The van der Waals surface area contributed by atoms with Gasteiger partial charge in [0.1, 0.15) is 6.10 Å². The molecule has 0 radical (unpaired) electrons. The van der Waals surface area contributed by atoms with Crippen LogP contribution in [0.2, 0.25) is 0 Å². The van der Waals surface area contributed by atoms with Crippen molar-refractivity contribution in [1.29, 1.82) is 0 Å². The van der Waals surface area contributed by atoms with Crippen molar-refractivity contribution in [3.63, 3.8) is 0 Å². The highest BCUT2D eigenvalue weighted by Crippen LogP contribution is 2.16. The molecule has 0 aromatic rings. The third-order valence-corrected chi connectivity index (χ3v) is 1.57. The van der Waals surface area contributed by atoms with Gasteiger partial charge in [-0.05, 0) is 19.8 Å². The molecule has 0 bridgehead atoms. The SMILES string of the molecule is C[C@@H]1CC[C@H](O)[C@H](O)O1. The second kappa shape index (κ2) is 2.64. The molecule has 9 heavy (non-hydrogen) atoms. The minimum absolute atomic E-state index is 0.0865. The monoisotopic (exact) mass is 132 g/mol. The molecular weight excluding hydrogens is 120 g/mol. The Hall–Kier alpha value is -0.120. The zero-order valence-corrected chi connectivity index (χ0v) is 5.45. The molecule has 1 fully saturated rings. The highest BCUT2D eigenvalue weighted by molar-refractivity contribution is 4.68. The summed E-state index contributed by atoms with van der Waals surface area (Å²) in [6.45, 7) is 1.88. The van der Waals surface area contributed by atoms with Gasteiger partial charge in [0, 0.05) is 0 Å². The van der Waals surface area contributed by atoms with Crippen LogP contribution in [0.25, 0.3) is 0 Å². The van der Waals surface area contributed by atoms with E-state index in [0.29, 0.717) is 6.42 Å². The summed E-state index contributed by atoms with van der Waals surface area (Å²) in [5, 5.41) is 17.8. The van der Waals surface area contributed by atoms with Gasteiger partial charge in [-0.2, -0.15) is 0 Å². The topological polar surface area (TPSA) is 49.7 Å². The van der Waals surface area contributed by atoms with E-state index >= 15 is 0 Å². The fraction of sp³-hybridized carbons (Fsp3) is 1.00. The number of rotatable bonds is 0. The van der Waals surface area contributed by atoms with E-state index in [1.807, 2.05) is 6.92 Å². The molecule has 1 heterocycles. The van der Waals surface area contributed by atoms with E-state index in [4.69, 9.17) is 14.9 Å². The maximum atomic E-state index is 8.92. The molecule has 0 aliphatic carbocycles. The number of ether oxygens (including phenoxy) is 1. The molecule has 2 N–H and O–H groups in total. The zero-order valence-electron chi connectivity index (χ0n) is 5.45. The molecule has 0 unspecified atom stereocenters. The molecule has 0 aromatic heterocycles. The van der Waals surface area contributed by atoms with Crippen molar-refractivity contribution >= 4 is 0 Å². The first-order valence-corrected chi connectivity index (χ1v) is 3.21. The molecule has 3 atom stereocenters. The van der Waals surface area contributed by atoms with E-state index in [-0.39, 0.29) is 6.10 Å². The summed E-state index contributed by atoms with van der Waals surface area (Å²) >= 11 is 0. The van der Waals surface area contributed by atoms with Crippen molar-refractivity contribution < 1.29 is 14.9 Å². The van der Waals surface area contributed by atoms with E-state index in [2.05, 4.69) is 0 Å². The standard InChI is InChI=1S/C6H12O3/c1-4-2-3-5(7)6(8)9-4/h4-8H,2-3H2,1H3/t4-,5+,6-/m1/s1. The van der Waals surface area contributed by atoms with Gasteiger partial charge in [0.25, 0.3) is 0 Å². The summed E-state index contributed by atoms with van der Waals surface area (Å²) in [6.07, 6.45) is -0.0843. The minimum atomic E-state index is -0.964. The van der Waals surface area contributed by atoms with Gasteiger partial charge in [-0.1, -0.05) is 0 Å². The molecule has 0 spiro atoms. The molecular formula is C6H12O3. The number of aliphatic hydroxyl groups is 2. The van der Waals surface area contributed by atoms with Crippen LogP contribution >= 0.6 is 0 Å². The molecule has 0 aromatic carbocycles. The van der Waals surface area contributed by atoms with Gasteiger partial charge in [-0.3, -0.25) is 0 Å². The van der Waals surface area contributed by atoms with Gasteiger partial charge >= 0.3 is 0 Å². The van der Waals surface area contributed by atoms with Gasteiger partial charge < -0.3 is 14.9 Å². The summed E-state index contributed by atoms with van der Waals surface area (Å²) < 4.78 is 4.90. The fourth-order valence-corrected chi connectivity index (χ4v) is 0.945. The highest BCUT2D eigenvalue weighted by Gasteiger charge is 2.24. The summed E-state index contributed by atoms with van der Waals surface area (Å²) in [6, 6.07) is 0. The van der Waals surface area contributed by atoms with Crippen LogP contribution in [-0.2, 0) is 4.74 Å². The number of hydrogen-bond acceptors (Lipinski definition) is 3. The van der Waals surface area contributed by atoms with Gasteiger partial charge in [0.2, 0.25) is 0 Å². The molecule has 1 aliphatic rings. The average Bonchev–Trinajstić information content (AvgIpc) is 1.80. The van der Waals surface area contributed by atoms with E-state index in [9.17, 15) is 0 Å². The Kier molecular flexibility index (Phi) is 2.05. The molecule has 1 aliphatic heterocycles. The Balaban J connectivity index is 2.35. The number of aliphatic hydroxyl groups excluding tert-OH is 2. The lowest BCUT2D eigenvalue weighted by Gasteiger charge is -2.28. The second-order valence-electron chi connectivity index (χ2n) is 2.48. The molecule has 0 saturated carbocycles. The molecule has 3 nitrogen and oxygen atoms in total. The van der Waals surface area contributed by atoms with Crippen molar-refractivity contribution in [3.05, 3.63) is 0 Å². The van der Waals surface area contributed by atoms with Gasteiger partial charge in [-0.25, -0.2) is 0 Å². The van der Waals surface area contributed by atoms with Crippen LogP contribution in [0.3, 0.4) is 0 Å². The first kappa shape index (κ1) is 6.99. The van der Waals surface area contributed by atoms with Crippen molar-refractivity contribution in [1.82, 2.24) is 0 Å². The first-order chi connectivity index (χ1) is 4.20. The largest absolute Gasteiger partial charge is 0.388 e. The Morgan fingerprint density at radius 1 is 1.33 bits per heavy atom. The summed E-state index contributed by atoms with van der Waals surface area (Å²) in [5.41, 5.74) is 0. The van der Waals surface area contributed by atoms with Crippen LogP contribution in [0.5, 0.6) is 0 Å². The van der Waals surface area contributed by atoms with Crippen LogP contribution in [-0.4, -0.2) is 28.7 Å². The lowest BCUT2D eigenvalue weighted by Crippen LogP contribution is -2.37. The van der Waals surface area contributed by atoms with Crippen LogP contribution in [0, 0.1) is 0 Å². The smallest absolute Gasteiger partial charge is 0.181 e. The van der Waals surface area contributed by atoms with Crippen molar-refractivity contribution in [2.45, 2.75) is 38.3 Å². The maximum Gasteiger partial charge on any atom is 0.181 e. The summed E-state index contributed by atoms with van der Waals surface area (Å²) in [5.74, 6) is 0. The minimum Gasteiger partial charge on any atom is -0.388 e. The third-order valence-electron chi connectivity index (χ3n) is 1.57. The van der Waals surface area contributed by atoms with Gasteiger partial charge in [-0.15, -0.1) is 0 Å². The predicted molar refractivity (Wildman–Crippen MR) is 31.8 cm³/mol. The van der Waals surface area contributed by atoms with Crippen LogP contribution in [0.4, 0.5) is 0 Å². The Bertz CT molecular complexity index is 94.3. The molecule has 1 saturated heterocycles. The van der Waals surface area contributed by atoms with Crippen LogP contribution in [0.1, 0.15) is 19.8 Å². The van der Waals surface area contributed by atoms with Crippen molar-refractivity contribution in [2.75, 3.05) is 0 Å². The predicted octanol–water partition coefficient (Wildman–Crippen LogP) is -0.135. The summed E-state index contributed by atoms with van der Waals surface area (Å²) in [4.78, 5) is 0. The van der Waals surface area contributed by atoms with E-state index in [1.54, 1.807) is 0 Å². The first-order valence-electron chi connectivity index (χ1n) is 3.21. The van der Waals surface area contributed by atoms with E-state index < -0.39 is 12.4 Å². The Morgan fingerprint density at radius 3 is 2.44 bits per heavy atom. The van der Waals surface area contributed by atoms with Crippen molar-refractivity contribution in [2.24, 2.45) is 0 Å². The molecule has 0 amide bonds. The lowest BCUT2D eigenvalue weighted by atomic mass is 10.1. The Morgan fingerprint density at radius 2 is 2.00 bits per heavy atom. The Labute approximate surface area is 54.3 Å². The quantitative estimate of drug-likeness (QED) is 0.482. The van der Waals surface area contributed by atoms with Crippen molar-refractivity contribution in [3.8, 4) is 0 Å². The average molecular weight is 132 g/mol. The zero-order chi connectivity index (χ0) is 6.85. The summed E-state index contributed by atoms with van der Waals surface area (Å²) in [7, 11) is 0. The molecule has 3 heteroatoms. The second-order valence-corrected chi connectivity index (χ2v) is 2.48. The third kappa shape index (κ3) is 1.64. The molecule has 54 valence electrons. The van der Waals surface area contributed by atoms with Crippen LogP contribution in [0.15, 0.2) is 0 Å². The number of hydrogen-bond donors (Lipinski definition) is 2. The maximum absolute atomic E-state index is 8.92. The van der Waals surface area contributed by atoms with E-state index in [0.717, 1.165) is 6.42 Å². The normalized spacial score (nSPS) is 45.0. The van der Waals surface area contributed by atoms with E-state index in [1.165, 1.54) is 0 Å². The highest BCUT2D eigenvalue weighted by atomic mass is 16.6. The fourth-order valence-electron chi connectivity index (χ4n) is 0.945.